The van der Waals surface area contributed by atoms with E-state index in [-0.39, 0.29) is 17.9 Å². The summed E-state index contributed by atoms with van der Waals surface area (Å²) in [6.45, 7) is 3.52. The van der Waals surface area contributed by atoms with E-state index < -0.39 is 5.60 Å². The Morgan fingerprint density at radius 2 is 2.31 bits per heavy atom. The zero-order chi connectivity index (χ0) is 18.1. The predicted octanol–water partition coefficient (Wildman–Crippen LogP) is 1.25. The molecule has 2 atom stereocenters. The van der Waals surface area contributed by atoms with Gasteiger partial charge < -0.3 is 19.8 Å². The van der Waals surface area contributed by atoms with Gasteiger partial charge in [-0.25, -0.2) is 0 Å². The van der Waals surface area contributed by atoms with Crippen LogP contribution in [-0.2, 0) is 19.2 Å². The van der Waals surface area contributed by atoms with Crippen molar-refractivity contribution in [2.45, 2.75) is 44.3 Å². The van der Waals surface area contributed by atoms with E-state index in [1.165, 1.54) is 0 Å². The van der Waals surface area contributed by atoms with Crippen LogP contribution < -0.4 is 5.32 Å². The fourth-order valence-electron chi connectivity index (χ4n) is 3.68. The van der Waals surface area contributed by atoms with Crippen molar-refractivity contribution in [3.8, 4) is 0 Å². The summed E-state index contributed by atoms with van der Waals surface area (Å²) in [5, 5.41) is 6.83. The van der Waals surface area contributed by atoms with Gasteiger partial charge in [0.2, 0.25) is 0 Å². The number of nitrogens with zero attached hydrogens (tertiary/aromatic N) is 3. The highest BCUT2D eigenvalue weighted by atomic mass is 16.7. The highest BCUT2D eigenvalue weighted by Gasteiger charge is 2.49. The number of hydrogen-bond donors (Lipinski definition) is 1. The van der Waals surface area contributed by atoms with Gasteiger partial charge in [-0.05, 0) is 31.9 Å². The topological polar surface area (TPSA) is 93.1 Å². The molecule has 0 unspecified atom stereocenters. The third-order valence-electron chi connectivity index (χ3n) is 5.19. The van der Waals surface area contributed by atoms with E-state index in [1.807, 2.05) is 6.92 Å². The van der Waals surface area contributed by atoms with Gasteiger partial charge in [0.1, 0.15) is 11.8 Å². The van der Waals surface area contributed by atoms with Crippen LogP contribution in [0.5, 0.6) is 0 Å². The second-order valence-corrected chi connectivity index (χ2v) is 7.09. The fourth-order valence-corrected chi connectivity index (χ4v) is 3.68. The molecule has 138 valence electrons. The Balaban J connectivity index is 1.36. The molecule has 1 N–H and O–H groups in total. The summed E-state index contributed by atoms with van der Waals surface area (Å²) in [6, 6.07) is 3.56. The summed E-state index contributed by atoms with van der Waals surface area (Å²) in [7, 11) is 0. The first kappa shape index (κ1) is 17.0. The maximum atomic E-state index is 12.5. The van der Waals surface area contributed by atoms with Crippen LogP contribution in [0.1, 0.15) is 31.4 Å². The molecule has 2 amide bonds. The van der Waals surface area contributed by atoms with Gasteiger partial charge in [0.15, 0.2) is 5.60 Å². The zero-order valence-corrected chi connectivity index (χ0v) is 14.7. The van der Waals surface area contributed by atoms with Crippen molar-refractivity contribution in [1.29, 1.82) is 0 Å². The van der Waals surface area contributed by atoms with Crippen LogP contribution in [0.2, 0.25) is 0 Å². The number of ether oxygens (including phenoxy) is 1. The van der Waals surface area contributed by atoms with E-state index in [2.05, 4.69) is 15.5 Å². The molecule has 4 rings (SSSR count). The lowest BCUT2D eigenvalue weighted by atomic mass is 9.96. The van der Waals surface area contributed by atoms with Gasteiger partial charge in [0.25, 0.3) is 11.8 Å². The van der Waals surface area contributed by atoms with Crippen molar-refractivity contribution in [3.63, 3.8) is 0 Å². The van der Waals surface area contributed by atoms with Crippen LogP contribution in [0.25, 0.3) is 0 Å². The lowest BCUT2D eigenvalue weighted by Gasteiger charge is -2.23. The lowest BCUT2D eigenvalue weighted by molar-refractivity contribution is -0.141. The summed E-state index contributed by atoms with van der Waals surface area (Å²) in [6.07, 6.45) is 4.11. The number of oxime groups is 1. The summed E-state index contributed by atoms with van der Waals surface area (Å²) in [4.78, 5) is 36.5. The van der Waals surface area contributed by atoms with Crippen molar-refractivity contribution in [1.82, 2.24) is 9.88 Å². The molecule has 1 aromatic rings. The molecule has 0 bridgehead atoms. The first-order valence-electron chi connectivity index (χ1n) is 8.95. The second kappa shape index (κ2) is 6.68. The Labute approximate surface area is 151 Å². The molecular formula is C18H22N4O4. The highest BCUT2D eigenvalue weighted by molar-refractivity contribution is 6.43. The average molecular weight is 358 g/mol. The van der Waals surface area contributed by atoms with Crippen LogP contribution in [0, 0.1) is 6.92 Å². The largest absolute Gasteiger partial charge is 0.386 e. The molecule has 2 fully saturated rings. The third kappa shape index (κ3) is 3.16. The van der Waals surface area contributed by atoms with E-state index in [9.17, 15) is 9.59 Å². The number of likely N-dealkylation sites (tertiary alicyclic amines) is 1. The van der Waals surface area contributed by atoms with Gasteiger partial charge in [-0.3, -0.25) is 14.6 Å². The van der Waals surface area contributed by atoms with E-state index in [1.54, 1.807) is 23.2 Å². The first-order chi connectivity index (χ1) is 12.6. The minimum atomic E-state index is -0.592. The molecule has 3 aliphatic rings. The molecule has 0 aromatic carbocycles. The number of carbonyl (C=O) groups is 2. The predicted molar refractivity (Wildman–Crippen MR) is 93.6 cm³/mol. The molecule has 1 spiro atoms. The Morgan fingerprint density at radius 1 is 1.42 bits per heavy atom. The summed E-state index contributed by atoms with van der Waals surface area (Å²) in [5.41, 5.74) is 1.15. The molecule has 3 aliphatic heterocycles. The van der Waals surface area contributed by atoms with Gasteiger partial charge >= 0.3 is 0 Å². The van der Waals surface area contributed by atoms with E-state index >= 15 is 0 Å². The molecule has 0 radical (unpaired) electrons. The number of nitrogens with one attached hydrogen (secondary N) is 1. The van der Waals surface area contributed by atoms with Crippen molar-refractivity contribution >= 4 is 23.2 Å². The van der Waals surface area contributed by atoms with Crippen molar-refractivity contribution in [2.24, 2.45) is 5.16 Å². The van der Waals surface area contributed by atoms with Crippen LogP contribution in [-0.4, -0.2) is 58.8 Å². The van der Waals surface area contributed by atoms with Crippen LogP contribution in [0.4, 0.5) is 5.69 Å². The summed E-state index contributed by atoms with van der Waals surface area (Å²) < 4.78 is 5.48. The smallest absolute Gasteiger partial charge is 0.273 e. The third-order valence-corrected chi connectivity index (χ3v) is 5.19. The summed E-state index contributed by atoms with van der Waals surface area (Å²) in [5.74, 6) is -0.270. The number of amides is 2. The van der Waals surface area contributed by atoms with E-state index in [0.717, 1.165) is 18.5 Å². The minimum Gasteiger partial charge on any atom is -0.386 e. The zero-order valence-electron chi connectivity index (χ0n) is 14.7. The van der Waals surface area contributed by atoms with Crippen molar-refractivity contribution in [3.05, 3.63) is 24.0 Å². The van der Waals surface area contributed by atoms with Gasteiger partial charge in [-0.2, -0.15) is 0 Å². The standard InChI is InChI=1S/C18H22N4O4/c1-12-13(4-2-7-19-12)20-16(23)14-10-18(26-21-14)6-8-22(11-18)17(24)15-5-3-9-25-15/h2,4,7,15H,3,5-6,8-11H2,1H3,(H,20,23)/t15-,18+/m1/s1. The number of aromatic nitrogens is 1. The number of hydrogen-bond acceptors (Lipinski definition) is 6. The first-order valence-corrected chi connectivity index (χ1v) is 8.95. The molecular weight excluding hydrogens is 336 g/mol. The van der Waals surface area contributed by atoms with Crippen molar-refractivity contribution < 1.29 is 19.2 Å². The molecule has 2 saturated heterocycles. The molecule has 26 heavy (non-hydrogen) atoms. The van der Waals surface area contributed by atoms with Crippen LogP contribution in [0.3, 0.4) is 0 Å². The summed E-state index contributed by atoms with van der Waals surface area (Å²) >= 11 is 0. The number of aryl methyl sites for hydroxylation is 1. The van der Waals surface area contributed by atoms with Crippen LogP contribution in [0.15, 0.2) is 23.5 Å². The SMILES string of the molecule is Cc1ncccc1NC(=O)C1=NO[C@@]2(CCN(C(=O)[C@H]3CCCO3)C2)C1. The van der Waals surface area contributed by atoms with Gasteiger partial charge in [0, 0.05) is 32.2 Å². The molecule has 4 heterocycles. The Hall–Kier alpha value is -2.48. The van der Waals surface area contributed by atoms with Gasteiger partial charge in [-0.1, -0.05) is 5.16 Å². The lowest BCUT2D eigenvalue weighted by Crippen LogP contribution is -2.41. The number of carbonyl (C=O) groups excluding carboxylic acids is 2. The Bertz CT molecular complexity index is 759. The maximum Gasteiger partial charge on any atom is 0.273 e. The maximum absolute atomic E-state index is 12.5. The average Bonchev–Trinajstić information content (AvgIpc) is 3.38. The fraction of sp³-hybridized carbons (Fsp3) is 0.556. The second-order valence-electron chi connectivity index (χ2n) is 7.09. The molecule has 0 saturated carbocycles. The monoisotopic (exact) mass is 358 g/mol. The van der Waals surface area contributed by atoms with Gasteiger partial charge in [-0.15, -0.1) is 0 Å². The quantitative estimate of drug-likeness (QED) is 0.878. The normalized spacial score (nSPS) is 27.5. The van der Waals surface area contributed by atoms with Gasteiger partial charge in [0.05, 0.1) is 17.9 Å². The Morgan fingerprint density at radius 3 is 3.08 bits per heavy atom. The Kier molecular flexibility index (Phi) is 4.36. The molecule has 1 aromatic heterocycles. The number of pyridine rings is 1. The van der Waals surface area contributed by atoms with Crippen LogP contribution >= 0.6 is 0 Å². The molecule has 0 aliphatic carbocycles. The van der Waals surface area contributed by atoms with Crippen molar-refractivity contribution in [2.75, 3.05) is 25.0 Å². The molecule has 8 heteroatoms. The number of rotatable bonds is 3. The van der Waals surface area contributed by atoms with E-state index in [0.29, 0.717) is 43.9 Å². The molecule has 8 nitrogen and oxygen atoms in total. The van der Waals surface area contributed by atoms with E-state index in [4.69, 9.17) is 9.57 Å². The number of anilines is 1. The minimum absolute atomic E-state index is 0.0202. The highest BCUT2D eigenvalue weighted by Crippen LogP contribution is 2.35.